The van der Waals surface area contributed by atoms with Crippen molar-refractivity contribution in [2.45, 2.75) is 32.6 Å². The first-order valence-corrected chi connectivity index (χ1v) is 9.13. The maximum absolute atomic E-state index is 6.00. The molecule has 0 saturated carbocycles. The van der Waals surface area contributed by atoms with E-state index in [-0.39, 0.29) is 0 Å². The van der Waals surface area contributed by atoms with Gasteiger partial charge in [0.05, 0.1) is 35.0 Å². The van der Waals surface area contributed by atoms with Gasteiger partial charge in [0.25, 0.3) is 0 Å². The first-order chi connectivity index (χ1) is 13.0. The summed E-state index contributed by atoms with van der Waals surface area (Å²) in [6.07, 6.45) is 1.72. The third-order valence-corrected chi connectivity index (χ3v) is 4.45. The molecule has 148 valence electrons. The number of ether oxygens (including phenoxy) is 5. The van der Waals surface area contributed by atoms with E-state index in [1.54, 1.807) is 28.4 Å². The fourth-order valence-corrected chi connectivity index (χ4v) is 2.86. The Hall–Kier alpha value is -2.56. The Labute approximate surface area is 162 Å². The van der Waals surface area contributed by atoms with E-state index in [0.717, 1.165) is 29.9 Å². The second-order valence-corrected chi connectivity index (χ2v) is 6.55. The van der Waals surface area contributed by atoms with Gasteiger partial charge >= 0.3 is 0 Å². The topological polar surface area (TPSA) is 46.2 Å². The van der Waals surface area contributed by atoms with Gasteiger partial charge in [0, 0.05) is 0 Å². The average molecular weight is 374 g/mol. The minimum absolute atomic E-state index is 0.381. The van der Waals surface area contributed by atoms with Crippen LogP contribution in [0.2, 0.25) is 0 Å². The van der Waals surface area contributed by atoms with Crippen LogP contribution in [0, 0.1) is 0 Å². The Kier molecular flexibility index (Phi) is 7.65. The van der Waals surface area contributed by atoms with Crippen LogP contribution in [-0.4, -0.2) is 35.0 Å². The highest BCUT2D eigenvalue weighted by molar-refractivity contribution is 5.54. The molecule has 2 aromatic rings. The van der Waals surface area contributed by atoms with Crippen molar-refractivity contribution >= 4 is 0 Å². The highest BCUT2D eigenvalue weighted by Crippen LogP contribution is 2.40. The van der Waals surface area contributed by atoms with Crippen molar-refractivity contribution in [3.05, 3.63) is 41.5 Å². The molecule has 0 radical (unpaired) electrons. The maximum Gasteiger partial charge on any atom is 0.203 e. The highest BCUT2D eigenvalue weighted by atomic mass is 16.5. The van der Waals surface area contributed by atoms with Crippen LogP contribution in [0.3, 0.4) is 0 Å². The lowest BCUT2D eigenvalue weighted by Gasteiger charge is -2.17. The van der Waals surface area contributed by atoms with E-state index < -0.39 is 0 Å². The molecule has 0 aliphatic rings. The standard InChI is InChI=1S/C22H30O5/c1-15(2)17-13-20(25-5)22(21(14-17)26-6)27-11-7-8-16-9-10-18(23-3)19(12-16)24-4/h9-10,12-15H,7-8,11H2,1-6H3. The van der Waals surface area contributed by atoms with Crippen molar-refractivity contribution in [1.29, 1.82) is 0 Å². The Morgan fingerprint density at radius 2 is 1.33 bits per heavy atom. The fourth-order valence-electron chi connectivity index (χ4n) is 2.86. The molecule has 0 bridgehead atoms. The molecule has 0 unspecified atom stereocenters. The molecule has 2 aromatic carbocycles. The van der Waals surface area contributed by atoms with E-state index >= 15 is 0 Å². The van der Waals surface area contributed by atoms with Crippen LogP contribution in [0.1, 0.15) is 37.3 Å². The number of aryl methyl sites for hydroxylation is 1. The Morgan fingerprint density at radius 3 is 1.85 bits per heavy atom. The van der Waals surface area contributed by atoms with Gasteiger partial charge in [0.15, 0.2) is 23.0 Å². The first-order valence-electron chi connectivity index (χ1n) is 9.13. The van der Waals surface area contributed by atoms with Crippen molar-refractivity contribution in [2.24, 2.45) is 0 Å². The normalized spacial score (nSPS) is 10.6. The van der Waals surface area contributed by atoms with Crippen LogP contribution in [0.4, 0.5) is 0 Å². The lowest BCUT2D eigenvalue weighted by Crippen LogP contribution is -2.04. The lowest BCUT2D eigenvalue weighted by molar-refractivity contribution is 0.270. The fraction of sp³-hybridized carbons (Fsp3) is 0.455. The summed E-state index contributed by atoms with van der Waals surface area (Å²) in [6.45, 7) is 4.83. The number of benzene rings is 2. The zero-order valence-electron chi connectivity index (χ0n) is 17.1. The molecule has 0 spiro atoms. The van der Waals surface area contributed by atoms with E-state index in [1.165, 1.54) is 5.56 Å². The molecule has 0 atom stereocenters. The van der Waals surface area contributed by atoms with Crippen LogP contribution in [0.25, 0.3) is 0 Å². The van der Waals surface area contributed by atoms with E-state index in [9.17, 15) is 0 Å². The SMILES string of the molecule is COc1ccc(CCCOc2c(OC)cc(C(C)C)cc2OC)cc1OC. The summed E-state index contributed by atoms with van der Waals surface area (Å²) in [6, 6.07) is 9.98. The maximum atomic E-state index is 6.00. The minimum Gasteiger partial charge on any atom is -0.493 e. The molecule has 5 nitrogen and oxygen atoms in total. The molecule has 5 heteroatoms. The van der Waals surface area contributed by atoms with Crippen molar-refractivity contribution in [1.82, 2.24) is 0 Å². The Bertz CT molecular complexity index is 714. The van der Waals surface area contributed by atoms with Gasteiger partial charge in [-0.1, -0.05) is 19.9 Å². The smallest absolute Gasteiger partial charge is 0.203 e. The van der Waals surface area contributed by atoms with Gasteiger partial charge in [-0.25, -0.2) is 0 Å². The number of methoxy groups -OCH3 is 4. The molecule has 2 rings (SSSR count). The minimum atomic E-state index is 0.381. The van der Waals surface area contributed by atoms with Crippen molar-refractivity contribution in [3.8, 4) is 28.7 Å². The van der Waals surface area contributed by atoms with Crippen LogP contribution >= 0.6 is 0 Å². The molecule has 0 saturated heterocycles. The van der Waals surface area contributed by atoms with Gasteiger partial charge in [-0.3, -0.25) is 0 Å². The number of hydrogen-bond donors (Lipinski definition) is 0. The molecule has 0 amide bonds. The summed E-state index contributed by atoms with van der Waals surface area (Å²) >= 11 is 0. The Balaban J connectivity index is 2.03. The summed E-state index contributed by atoms with van der Waals surface area (Å²) in [7, 11) is 6.57. The van der Waals surface area contributed by atoms with E-state index in [4.69, 9.17) is 23.7 Å². The van der Waals surface area contributed by atoms with Crippen LogP contribution < -0.4 is 23.7 Å². The zero-order chi connectivity index (χ0) is 19.8. The average Bonchev–Trinajstić information content (AvgIpc) is 2.70. The quantitative estimate of drug-likeness (QED) is 0.556. The monoisotopic (exact) mass is 374 g/mol. The second kappa shape index (κ2) is 9.95. The molecule has 0 N–H and O–H groups in total. The molecule has 27 heavy (non-hydrogen) atoms. The molecular weight excluding hydrogens is 344 g/mol. The first kappa shape index (κ1) is 20.7. The van der Waals surface area contributed by atoms with Crippen LogP contribution in [-0.2, 0) is 6.42 Å². The summed E-state index contributed by atoms with van der Waals surface area (Å²) in [4.78, 5) is 0. The molecule has 0 fully saturated rings. The summed E-state index contributed by atoms with van der Waals surface area (Å²) in [5.41, 5.74) is 2.33. The summed E-state index contributed by atoms with van der Waals surface area (Å²) in [5, 5.41) is 0. The van der Waals surface area contributed by atoms with Gasteiger partial charge < -0.3 is 23.7 Å². The lowest BCUT2D eigenvalue weighted by atomic mass is 10.0. The number of rotatable bonds is 10. The van der Waals surface area contributed by atoms with Crippen LogP contribution in [0.5, 0.6) is 28.7 Å². The third-order valence-electron chi connectivity index (χ3n) is 4.45. The predicted molar refractivity (Wildman–Crippen MR) is 107 cm³/mol. The van der Waals surface area contributed by atoms with Gasteiger partial charge in [-0.15, -0.1) is 0 Å². The Morgan fingerprint density at radius 1 is 0.741 bits per heavy atom. The molecule has 0 aliphatic carbocycles. The summed E-state index contributed by atoms with van der Waals surface area (Å²) < 4.78 is 27.7. The highest BCUT2D eigenvalue weighted by Gasteiger charge is 2.15. The molecule has 0 aliphatic heterocycles. The van der Waals surface area contributed by atoms with E-state index in [1.807, 2.05) is 30.3 Å². The van der Waals surface area contributed by atoms with Crippen molar-refractivity contribution in [2.75, 3.05) is 35.0 Å². The van der Waals surface area contributed by atoms with Crippen molar-refractivity contribution < 1.29 is 23.7 Å². The van der Waals surface area contributed by atoms with E-state index in [2.05, 4.69) is 13.8 Å². The predicted octanol–water partition coefficient (Wildman–Crippen LogP) is 4.86. The zero-order valence-corrected chi connectivity index (χ0v) is 17.1. The molecule has 0 aromatic heterocycles. The van der Waals surface area contributed by atoms with E-state index in [0.29, 0.717) is 29.8 Å². The molecule has 0 heterocycles. The largest absolute Gasteiger partial charge is 0.493 e. The molecular formula is C22H30O5. The van der Waals surface area contributed by atoms with Gasteiger partial charge in [-0.2, -0.15) is 0 Å². The summed E-state index contributed by atoms with van der Waals surface area (Å²) in [5.74, 6) is 3.90. The van der Waals surface area contributed by atoms with Crippen LogP contribution in [0.15, 0.2) is 30.3 Å². The third kappa shape index (κ3) is 5.22. The number of hydrogen-bond acceptors (Lipinski definition) is 5. The van der Waals surface area contributed by atoms with Crippen molar-refractivity contribution in [3.63, 3.8) is 0 Å². The second-order valence-electron chi connectivity index (χ2n) is 6.55. The van der Waals surface area contributed by atoms with Gasteiger partial charge in [0.2, 0.25) is 5.75 Å². The van der Waals surface area contributed by atoms with Gasteiger partial charge in [0.1, 0.15) is 0 Å². The van der Waals surface area contributed by atoms with Gasteiger partial charge in [-0.05, 0) is 54.2 Å².